The summed E-state index contributed by atoms with van der Waals surface area (Å²) in [6.45, 7) is 8.00. The van der Waals surface area contributed by atoms with E-state index in [1.165, 1.54) is 11.8 Å². The minimum Gasteiger partial charge on any atom is -0.295 e. The Bertz CT molecular complexity index is 160. The zero-order chi connectivity index (χ0) is 10.9. The number of hydrogen-bond acceptors (Lipinski definition) is 3. The van der Waals surface area contributed by atoms with Gasteiger partial charge in [-0.15, -0.1) is 0 Å². The van der Waals surface area contributed by atoms with E-state index in [1.807, 2.05) is 34.0 Å². The first kappa shape index (κ1) is 15.0. The molecular weight excluding hydrogens is 186 g/mol. The third-order valence-corrected chi connectivity index (χ3v) is 2.16. The van der Waals surface area contributed by atoms with Crippen LogP contribution in [0.4, 0.5) is 0 Å². The molecule has 1 rings (SSSR count). The summed E-state index contributed by atoms with van der Waals surface area (Å²) in [6, 6.07) is 0. The van der Waals surface area contributed by atoms with Gasteiger partial charge in [0, 0.05) is 6.42 Å². The van der Waals surface area contributed by atoms with Crippen LogP contribution in [0.5, 0.6) is 0 Å². The summed E-state index contributed by atoms with van der Waals surface area (Å²) in [6.07, 6.45) is 2.17. The van der Waals surface area contributed by atoms with E-state index in [2.05, 4.69) is 5.32 Å². The molecule has 2 amide bonds. The van der Waals surface area contributed by atoms with E-state index in [1.54, 1.807) is 0 Å². The monoisotopic (exact) mass is 205 g/mol. The van der Waals surface area contributed by atoms with Crippen LogP contribution in [0, 0.1) is 0 Å². The summed E-state index contributed by atoms with van der Waals surface area (Å²) >= 11 is 1.41. The fraction of sp³-hybridized carbons (Fsp3) is 0.778. The van der Waals surface area contributed by atoms with Crippen LogP contribution in [0.1, 0.15) is 34.1 Å². The van der Waals surface area contributed by atoms with Gasteiger partial charge in [-0.25, -0.2) is 0 Å². The van der Waals surface area contributed by atoms with Crippen molar-refractivity contribution in [3.8, 4) is 0 Å². The van der Waals surface area contributed by atoms with Crippen LogP contribution >= 0.6 is 11.8 Å². The minimum atomic E-state index is -0.153. The number of nitrogens with one attached hydrogen (secondary N) is 1. The largest absolute Gasteiger partial charge is 0.295 e. The molecule has 0 aromatic heterocycles. The zero-order valence-electron chi connectivity index (χ0n) is 9.01. The Morgan fingerprint density at radius 2 is 1.69 bits per heavy atom. The van der Waals surface area contributed by atoms with E-state index < -0.39 is 0 Å². The van der Waals surface area contributed by atoms with Crippen molar-refractivity contribution < 1.29 is 9.59 Å². The summed E-state index contributed by atoms with van der Waals surface area (Å²) in [4.78, 5) is 21.1. The molecule has 78 valence electrons. The maximum Gasteiger partial charge on any atom is 0.240 e. The number of imide groups is 1. The molecule has 1 aliphatic heterocycles. The molecule has 0 spiro atoms. The maximum absolute atomic E-state index is 10.7. The normalized spacial score (nSPS) is 19.3. The molecule has 1 heterocycles. The van der Waals surface area contributed by atoms with Crippen molar-refractivity contribution in [2.45, 2.75) is 39.4 Å². The molecule has 1 saturated heterocycles. The lowest BCUT2D eigenvalue weighted by atomic mass is 10.4. The number of carbonyl (C=O) groups is 2. The molecule has 1 unspecified atom stereocenters. The smallest absolute Gasteiger partial charge is 0.240 e. The van der Waals surface area contributed by atoms with Crippen LogP contribution in [0.15, 0.2) is 0 Å². The molecule has 0 bridgehead atoms. The number of thioether (sulfide) groups is 1. The summed E-state index contributed by atoms with van der Waals surface area (Å²) in [7, 11) is 0. The summed E-state index contributed by atoms with van der Waals surface area (Å²) in [5, 5.41) is 2.08. The van der Waals surface area contributed by atoms with Gasteiger partial charge in [0.05, 0.1) is 5.25 Å². The number of carbonyl (C=O) groups excluding carboxylic acids is 2. The van der Waals surface area contributed by atoms with Gasteiger partial charge in [0.15, 0.2) is 0 Å². The average Bonchev–Trinajstić information content (AvgIpc) is 2.51. The van der Waals surface area contributed by atoms with Crippen LogP contribution in [-0.2, 0) is 9.59 Å². The van der Waals surface area contributed by atoms with Crippen molar-refractivity contribution in [1.29, 1.82) is 0 Å². The minimum absolute atomic E-state index is 0.141. The molecule has 0 aromatic carbocycles. The van der Waals surface area contributed by atoms with Gasteiger partial charge < -0.3 is 0 Å². The molecule has 1 fully saturated rings. The van der Waals surface area contributed by atoms with Gasteiger partial charge in [-0.05, 0) is 6.26 Å². The first-order valence-corrected chi connectivity index (χ1v) is 5.89. The van der Waals surface area contributed by atoms with Crippen LogP contribution in [0.25, 0.3) is 0 Å². The highest BCUT2D eigenvalue weighted by molar-refractivity contribution is 8.00. The van der Waals surface area contributed by atoms with Crippen LogP contribution in [-0.4, -0.2) is 23.3 Å². The predicted octanol–water partition coefficient (Wildman–Crippen LogP) is 1.82. The quantitative estimate of drug-likeness (QED) is 0.664. The Balaban J connectivity index is 0. The second-order valence-electron chi connectivity index (χ2n) is 1.84. The van der Waals surface area contributed by atoms with Gasteiger partial charge in [-0.3, -0.25) is 14.9 Å². The van der Waals surface area contributed by atoms with E-state index >= 15 is 0 Å². The van der Waals surface area contributed by atoms with Crippen molar-refractivity contribution in [3.63, 3.8) is 0 Å². The van der Waals surface area contributed by atoms with Crippen molar-refractivity contribution >= 4 is 23.6 Å². The molecule has 1 atom stereocenters. The SMILES string of the molecule is CC.CC.CSC1CC(=O)NC1=O. The maximum atomic E-state index is 10.7. The molecule has 13 heavy (non-hydrogen) atoms. The highest BCUT2D eigenvalue weighted by Crippen LogP contribution is 2.15. The van der Waals surface area contributed by atoms with E-state index in [4.69, 9.17) is 0 Å². The lowest BCUT2D eigenvalue weighted by Gasteiger charge is -1.96. The van der Waals surface area contributed by atoms with Crippen molar-refractivity contribution in [2.24, 2.45) is 0 Å². The molecule has 0 saturated carbocycles. The third kappa shape index (κ3) is 5.69. The number of amides is 2. The molecule has 4 heteroatoms. The van der Waals surface area contributed by atoms with E-state index in [0.29, 0.717) is 6.42 Å². The molecule has 1 aliphatic rings. The summed E-state index contributed by atoms with van der Waals surface area (Å²) < 4.78 is 0. The standard InChI is InChI=1S/C5H7NO2S.2C2H6/c1-9-3-2-4(7)6-5(3)8;2*1-2/h3H,2H2,1H3,(H,6,7,8);2*1-2H3. The van der Waals surface area contributed by atoms with Gasteiger partial charge in [0.25, 0.3) is 0 Å². The highest BCUT2D eigenvalue weighted by Gasteiger charge is 2.29. The van der Waals surface area contributed by atoms with Crippen molar-refractivity contribution in [1.82, 2.24) is 5.32 Å². The van der Waals surface area contributed by atoms with Crippen LogP contribution < -0.4 is 5.32 Å². The first-order chi connectivity index (χ1) is 6.24. The molecule has 3 nitrogen and oxygen atoms in total. The Labute approximate surface area is 84.7 Å². The summed E-state index contributed by atoms with van der Waals surface area (Å²) in [5.74, 6) is -0.299. The van der Waals surface area contributed by atoms with Crippen LogP contribution in [0.3, 0.4) is 0 Å². The molecule has 1 N–H and O–H groups in total. The van der Waals surface area contributed by atoms with Crippen molar-refractivity contribution in [3.05, 3.63) is 0 Å². The van der Waals surface area contributed by atoms with Gasteiger partial charge in [-0.2, -0.15) is 11.8 Å². The summed E-state index contributed by atoms with van der Waals surface area (Å²) in [5.41, 5.74) is 0. The molecule has 0 aliphatic carbocycles. The highest BCUT2D eigenvalue weighted by atomic mass is 32.2. The van der Waals surface area contributed by atoms with Gasteiger partial charge in [0.2, 0.25) is 11.8 Å². The van der Waals surface area contributed by atoms with Gasteiger partial charge >= 0.3 is 0 Å². The average molecular weight is 205 g/mol. The second kappa shape index (κ2) is 9.58. The van der Waals surface area contributed by atoms with Crippen LogP contribution in [0.2, 0.25) is 0 Å². The Morgan fingerprint density at radius 1 is 1.23 bits per heavy atom. The van der Waals surface area contributed by atoms with E-state index in [-0.39, 0.29) is 17.1 Å². The number of hydrogen-bond donors (Lipinski definition) is 1. The van der Waals surface area contributed by atoms with Gasteiger partial charge in [-0.1, -0.05) is 27.7 Å². The molecule has 0 radical (unpaired) electrons. The Morgan fingerprint density at radius 3 is 1.85 bits per heavy atom. The second-order valence-corrected chi connectivity index (χ2v) is 2.88. The zero-order valence-corrected chi connectivity index (χ0v) is 9.83. The first-order valence-electron chi connectivity index (χ1n) is 4.60. The predicted molar refractivity (Wildman–Crippen MR) is 57.8 cm³/mol. The lowest BCUT2D eigenvalue weighted by Crippen LogP contribution is -2.22. The van der Waals surface area contributed by atoms with Gasteiger partial charge in [0.1, 0.15) is 0 Å². The van der Waals surface area contributed by atoms with E-state index in [0.717, 1.165) is 0 Å². The fourth-order valence-corrected chi connectivity index (χ4v) is 1.31. The Hall–Kier alpha value is -0.510. The lowest BCUT2D eigenvalue weighted by molar-refractivity contribution is -0.124. The fourth-order valence-electron chi connectivity index (χ4n) is 0.720. The van der Waals surface area contributed by atoms with Crippen molar-refractivity contribution in [2.75, 3.05) is 6.26 Å². The molecular formula is C9H19NO2S. The topological polar surface area (TPSA) is 46.2 Å². The third-order valence-electron chi connectivity index (χ3n) is 1.21. The number of rotatable bonds is 1. The Kier molecular flexibility index (Phi) is 11.0. The van der Waals surface area contributed by atoms with E-state index in [9.17, 15) is 9.59 Å². The molecule has 0 aromatic rings.